The van der Waals surface area contributed by atoms with E-state index in [9.17, 15) is 14.0 Å². The highest BCUT2D eigenvalue weighted by atomic mass is 35.5. The molecule has 0 aromatic heterocycles. The molecule has 0 aliphatic carbocycles. The van der Waals surface area contributed by atoms with Crippen LogP contribution in [0, 0.1) is 28.4 Å². The van der Waals surface area contributed by atoms with Gasteiger partial charge in [0.25, 0.3) is 0 Å². The number of halogens is 4. The van der Waals surface area contributed by atoms with Crippen molar-refractivity contribution in [1.29, 1.82) is 5.26 Å². The van der Waals surface area contributed by atoms with Gasteiger partial charge in [0, 0.05) is 33.6 Å². The minimum Gasteiger partial charge on any atom is -0.263 e. The number of hydrogen-bond acceptors (Lipinski definition) is 2. The van der Waals surface area contributed by atoms with Gasteiger partial charge in [-0.2, -0.15) is 5.26 Å². The molecular formula is C22H18Cl2F2N2. The van der Waals surface area contributed by atoms with Crippen molar-refractivity contribution in [2.24, 2.45) is 10.4 Å². The van der Waals surface area contributed by atoms with Gasteiger partial charge in [0.2, 0.25) is 0 Å². The van der Waals surface area contributed by atoms with Crippen molar-refractivity contribution in [3.05, 3.63) is 75.4 Å². The number of benzene rings is 2. The smallest absolute Gasteiger partial charge is 0.150 e. The predicted octanol–water partition coefficient (Wildman–Crippen LogP) is 6.96. The summed E-state index contributed by atoms with van der Waals surface area (Å²) in [4.78, 5) is 4.44. The van der Waals surface area contributed by atoms with Crippen molar-refractivity contribution in [2.45, 2.75) is 32.6 Å². The summed E-state index contributed by atoms with van der Waals surface area (Å²) in [6, 6.07) is 10.9. The molecule has 28 heavy (non-hydrogen) atoms. The topological polar surface area (TPSA) is 36.1 Å². The predicted molar refractivity (Wildman–Crippen MR) is 110 cm³/mol. The van der Waals surface area contributed by atoms with E-state index in [2.05, 4.69) is 11.1 Å². The van der Waals surface area contributed by atoms with Gasteiger partial charge >= 0.3 is 0 Å². The Labute approximate surface area is 173 Å². The van der Waals surface area contributed by atoms with Crippen LogP contribution in [0.2, 0.25) is 10.0 Å². The van der Waals surface area contributed by atoms with E-state index in [1.165, 1.54) is 30.5 Å². The van der Waals surface area contributed by atoms with Crippen molar-refractivity contribution in [3.63, 3.8) is 0 Å². The Morgan fingerprint density at radius 1 is 1.14 bits per heavy atom. The van der Waals surface area contributed by atoms with Crippen LogP contribution in [0.25, 0.3) is 5.57 Å². The first kappa shape index (κ1) is 20.5. The summed E-state index contributed by atoms with van der Waals surface area (Å²) >= 11 is 11.9. The monoisotopic (exact) mass is 418 g/mol. The van der Waals surface area contributed by atoms with Crippen molar-refractivity contribution in [1.82, 2.24) is 0 Å². The van der Waals surface area contributed by atoms with Gasteiger partial charge in [-0.15, -0.1) is 0 Å². The summed E-state index contributed by atoms with van der Waals surface area (Å²) in [6.07, 6.45) is 1.86. The minimum absolute atomic E-state index is 0.0777. The van der Waals surface area contributed by atoms with Crippen molar-refractivity contribution < 1.29 is 8.78 Å². The summed E-state index contributed by atoms with van der Waals surface area (Å²) in [5.41, 5.74) is -0.872. The Morgan fingerprint density at radius 2 is 1.86 bits per heavy atom. The first-order chi connectivity index (χ1) is 13.1. The second kappa shape index (κ2) is 7.31. The molecule has 1 aliphatic heterocycles. The second-order valence-electron chi connectivity index (χ2n) is 7.94. The highest BCUT2D eigenvalue weighted by Gasteiger charge is 2.48. The van der Waals surface area contributed by atoms with Gasteiger partial charge in [-0.05, 0) is 30.0 Å². The lowest BCUT2D eigenvalue weighted by Gasteiger charge is -2.31. The van der Waals surface area contributed by atoms with E-state index in [1.807, 2.05) is 20.8 Å². The molecule has 0 N–H and O–H groups in total. The van der Waals surface area contributed by atoms with E-state index >= 15 is 0 Å². The van der Waals surface area contributed by atoms with Crippen molar-refractivity contribution in [2.75, 3.05) is 0 Å². The maximum Gasteiger partial charge on any atom is 0.150 e. The van der Waals surface area contributed by atoms with Gasteiger partial charge in [-0.25, -0.2) is 8.78 Å². The Hall–Kier alpha value is -2.22. The van der Waals surface area contributed by atoms with Crippen LogP contribution in [0.5, 0.6) is 0 Å². The van der Waals surface area contributed by atoms with E-state index < -0.39 is 17.0 Å². The molecule has 0 saturated heterocycles. The van der Waals surface area contributed by atoms with Gasteiger partial charge in [0.15, 0.2) is 5.41 Å². The number of nitrogens with zero attached hydrogens (tertiary/aromatic N) is 2. The molecular weight excluding hydrogens is 401 g/mol. The molecule has 0 spiro atoms. The molecule has 0 saturated carbocycles. The third-order valence-corrected chi connectivity index (χ3v) is 5.16. The van der Waals surface area contributed by atoms with Gasteiger partial charge in [0.1, 0.15) is 11.6 Å². The zero-order chi connectivity index (χ0) is 20.7. The zero-order valence-corrected chi connectivity index (χ0v) is 17.2. The average molecular weight is 419 g/mol. The molecule has 2 nitrogen and oxygen atoms in total. The van der Waals surface area contributed by atoms with E-state index in [-0.39, 0.29) is 32.2 Å². The fourth-order valence-corrected chi connectivity index (χ4v) is 3.77. The van der Waals surface area contributed by atoms with Crippen LogP contribution in [0.4, 0.5) is 8.78 Å². The third-order valence-electron chi connectivity index (χ3n) is 4.63. The SMILES string of the molecule is CC(C)(C)CC1=NC=C(c2cccc(Cl)c2F)[C@@]1(C#N)c1ccc(Cl)cc1F. The van der Waals surface area contributed by atoms with Crippen LogP contribution >= 0.6 is 23.2 Å². The maximum atomic E-state index is 15.0. The number of hydrogen-bond donors (Lipinski definition) is 0. The van der Waals surface area contributed by atoms with Crippen LogP contribution in [-0.2, 0) is 5.41 Å². The van der Waals surface area contributed by atoms with E-state index in [4.69, 9.17) is 23.2 Å². The van der Waals surface area contributed by atoms with Gasteiger partial charge in [-0.3, -0.25) is 4.99 Å². The Bertz CT molecular complexity index is 1050. The van der Waals surface area contributed by atoms with Crippen LogP contribution in [-0.4, -0.2) is 5.71 Å². The molecule has 0 unspecified atom stereocenters. The summed E-state index contributed by atoms with van der Waals surface area (Å²) in [5.74, 6) is -1.32. The van der Waals surface area contributed by atoms with Crippen LogP contribution in [0.15, 0.2) is 47.6 Å². The van der Waals surface area contributed by atoms with Gasteiger partial charge in [-0.1, -0.05) is 62.2 Å². The standard InChI is InChI=1S/C22H18Cl2F2N2/c1-21(2,3)10-19-22(12-27,15-8-7-13(23)9-18(15)25)16(11-28-19)14-5-4-6-17(24)20(14)26/h4-9,11H,10H2,1-3H3/t22-/m1/s1. The quantitative estimate of drug-likeness (QED) is 0.530. The molecule has 2 aromatic rings. The fourth-order valence-electron chi connectivity index (χ4n) is 3.43. The minimum atomic E-state index is -1.58. The summed E-state index contributed by atoms with van der Waals surface area (Å²) in [5, 5.41) is 10.4. The van der Waals surface area contributed by atoms with E-state index in [0.717, 1.165) is 6.07 Å². The normalized spacial score (nSPS) is 19.2. The maximum absolute atomic E-state index is 15.0. The number of aliphatic imine (C=N–C) groups is 1. The lowest BCUT2D eigenvalue weighted by atomic mass is 9.67. The Morgan fingerprint density at radius 3 is 2.46 bits per heavy atom. The van der Waals surface area contributed by atoms with Crippen LogP contribution in [0.1, 0.15) is 38.3 Å². The molecule has 0 amide bonds. The van der Waals surface area contributed by atoms with Gasteiger partial charge < -0.3 is 0 Å². The number of allylic oxidation sites excluding steroid dienone is 1. The number of rotatable bonds is 3. The molecule has 0 bridgehead atoms. The summed E-state index contributed by atoms with van der Waals surface area (Å²) < 4.78 is 29.8. The molecule has 3 rings (SSSR count). The van der Waals surface area contributed by atoms with E-state index in [0.29, 0.717) is 12.1 Å². The third kappa shape index (κ3) is 3.45. The number of nitriles is 1. The second-order valence-corrected chi connectivity index (χ2v) is 8.79. The van der Waals surface area contributed by atoms with Crippen molar-refractivity contribution >= 4 is 34.5 Å². The van der Waals surface area contributed by atoms with Crippen LogP contribution < -0.4 is 0 Å². The molecule has 144 valence electrons. The summed E-state index contributed by atoms with van der Waals surface area (Å²) in [7, 11) is 0. The zero-order valence-electron chi connectivity index (χ0n) is 15.7. The molecule has 0 fully saturated rings. The van der Waals surface area contributed by atoms with E-state index in [1.54, 1.807) is 6.07 Å². The van der Waals surface area contributed by atoms with Crippen LogP contribution in [0.3, 0.4) is 0 Å². The first-order valence-electron chi connectivity index (χ1n) is 8.69. The molecule has 1 aliphatic rings. The molecule has 1 atom stereocenters. The average Bonchev–Trinajstić information content (AvgIpc) is 2.94. The first-order valence-corrected chi connectivity index (χ1v) is 9.45. The van der Waals surface area contributed by atoms with Crippen molar-refractivity contribution in [3.8, 4) is 6.07 Å². The molecule has 2 aromatic carbocycles. The fraction of sp³-hybridized carbons (Fsp3) is 0.273. The lowest BCUT2D eigenvalue weighted by Crippen LogP contribution is -2.37. The largest absolute Gasteiger partial charge is 0.263 e. The highest BCUT2D eigenvalue weighted by molar-refractivity contribution is 6.31. The Balaban J connectivity index is 2.29. The molecule has 1 heterocycles. The van der Waals surface area contributed by atoms with Gasteiger partial charge in [0.05, 0.1) is 11.1 Å². The molecule has 6 heteroatoms. The molecule has 0 radical (unpaired) electrons. The highest BCUT2D eigenvalue weighted by Crippen LogP contribution is 2.48. The lowest BCUT2D eigenvalue weighted by molar-refractivity contribution is 0.428. The summed E-state index contributed by atoms with van der Waals surface area (Å²) in [6.45, 7) is 5.98. The Kier molecular flexibility index (Phi) is 5.36.